The molecule has 0 saturated heterocycles. The third-order valence-electron chi connectivity index (χ3n) is 2.53. The van der Waals surface area contributed by atoms with E-state index in [4.69, 9.17) is 5.73 Å². The summed E-state index contributed by atoms with van der Waals surface area (Å²) in [6, 6.07) is 1.95. The summed E-state index contributed by atoms with van der Waals surface area (Å²) in [7, 11) is 1.88. The van der Waals surface area contributed by atoms with Crippen LogP contribution in [0.2, 0.25) is 0 Å². The average molecular weight is 229 g/mol. The van der Waals surface area contributed by atoms with Crippen molar-refractivity contribution < 1.29 is 0 Å². The van der Waals surface area contributed by atoms with E-state index >= 15 is 0 Å². The number of aryl methyl sites for hydroxylation is 1. The molecule has 86 valence electrons. The Hall–Kier alpha value is -2.44. The molecule has 0 aromatic carbocycles. The molecule has 0 spiro atoms. The normalized spacial score (nSPS) is 11.1. The highest BCUT2D eigenvalue weighted by Gasteiger charge is 2.08. The number of hydrogen-bond acceptors (Lipinski definition) is 5. The van der Waals surface area contributed by atoms with Gasteiger partial charge in [0, 0.05) is 13.2 Å². The zero-order valence-corrected chi connectivity index (χ0v) is 9.28. The first-order chi connectivity index (χ1) is 8.24. The number of nitrogens with two attached hydrogens (primary N) is 1. The molecule has 3 aromatic heterocycles. The van der Waals surface area contributed by atoms with Crippen LogP contribution in [0.25, 0.3) is 11.2 Å². The number of imidazole rings is 1. The van der Waals surface area contributed by atoms with Crippen LogP contribution in [-0.4, -0.2) is 29.3 Å². The predicted octanol–water partition coefficient (Wildman–Crippen LogP) is 0.190. The van der Waals surface area contributed by atoms with E-state index in [1.807, 2.05) is 23.9 Å². The van der Waals surface area contributed by atoms with Crippen LogP contribution in [0.4, 0.5) is 5.82 Å². The Balaban J connectivity index is 2.04. The quantitative estimate of drug-likeness (QED) is 0.677. The van der Waals surface area contributed by atoms with Gasteiger partial charge in [-0.25, -0.2) is 15.0 Å². The van der Waals surface area contributed by atoms with Crippen molar-refractivity contribution in [1.82, 2.24) is 29.3 Å². The molecule has 0 aliphatic rings. The van der Waals surface area contributed by atoms with Gasteiger partial charge in [0.2, 0.25) is 0 Å². The Kier molecular flexibility index (Phi) is 2.04. The number of rotatable bonds is 2. The number of hydrogen-bond donors (Lipinski definition) is 1. The minimum atomic E-state index is 0.398. The van der Waals surface area contributed by atoms with Gasteiger partial charge in [-0.1, -0.05) is 0 Å². The molecule has 0 aliphatic carbocycles. The maximum Gasteiger partial charge on any atom is 0.165 e. The highest BCUT2D eigenvalue weighted by Crippen LogP contribution is 2.14. The van der Waals surface area contributed by atoms with Gasteiger partial charge in [0.1, 0.15) is 11.8 Å². The van der Waals surface area contributed by atoms with E-state index in [1.165, 1.54) is 6.33 Å². The lowest BCUT2D eigenvalue weighted by Gasteiger charge is -2.00. The number of anilines is 1. The Morgan fingerprint density at radius 2 is 2.18 bits per heavy atom. The molecular formula is C10H11N7. The number of nitrogens with zero attached hydrogens (tertiary/aromatic N) is 6. The summed E-state index contributed by atoms with van der Waals surface area (Å²) in [5, 5.41) is 4.31. The molecule has 0 unspecified atom stereocenters. The van der Waals surface area contributed by atoms with Crippen LogP contribution in [0.1, 0.15) is 5.69 Å². The van der Waals surface area contributed by atoms with Crippen molar-refractivity contribution >= 4 is 17.0 Å². The molecule has 0 amide bonds. The summed E-state index contributed by atoms with van der Waals surface area (Å²) in [6.07, 6.45) is 5.04. The van der Waals surface area contributed by atoms with Crippen LogP contribution < -0.4 is 5.73 Å². The second kappa shape index (κ2) is 3.55. The molecular weight excluding hydrogens is 218 g/mol. The van der Waals surface area contributed by atoms with Gasteiger partial charge in [0.05, 0.1) is 18.6 Å². The first-order valence-corrected chi connectivity index (χ1v) is 5.14. The summed E-state index contributed by atoms with van der Waals surface area (Å²) in [5.41, 5.74) is 8.02. The van der Waals surface area contributed by atoms with Crippen molar-refractivity contribution in [2.45, 2.75) is 6.54 Å². The summed E-state index contributed by atoms with van der Waals surface area (Å²) >= 11 is 0. The maximum atomic E-state index is 5.72. The molecule has 0 saturated carbocycles. The van der Waals surface area contributed by atoms with Gasteiger partial charge in [0.15, 0.2) is 11.5 Å². The first-order valence-electron chi connectivity index (χ1n) is 5.14. The van der Waals surface area contributed by atoms with E-state index in [-0.39, 0.29) is 0 Å². The Bertz CT molecular complexity index is 666. The van der Waals surface area contributed by atoms with Crippen molar-refractivity contribution in [1.29, 1.82) is 0 Å². The molecule has 3 rings (SSSR count). The monoisotopic (exact) mass is 229 g/mol. The van der Waals surface area contributed by atoms with Crippen molar-refractivity contribution in [2.75, 3.05) is 5.73 Å². The predicted molar refractivity (Wildman–Crippen MR) is 62.0 cm³/mol. The lowest BCUT2D eigenvalue weighted by atomic mass is 10.4. The van der Waals surface area contributed by atoms with Gasteiger partial charge in [0.25, 0.3) is 0 Å². The van der Waals surface area contributed by atoms with Gasteiger partial charge in [-0.05, 0) is 6.07 Å². The van der Waals surface area contributed by atoms with Crippen molar-refractivity contribution in [3.05, 3.63) is 30.6 Å². The third-order valence-corrected chi connectivity index (χ3v) is 2.53. The lowest BCUT2D eigenvalue weighted by Crippen LogP contribution is -2.02. The molecule has 0 aliphatic heterocycles. The molecule has 2 N–H and O–H groups in total. The largest absolute Gasteiger partial charge is 0.382 e. The number of fused-ring (bicyclic) bond motifs is 1. The second-order valence-electron chi connectivity index (χ2n) is 3.78. The van der Waals surface area contributed by atoms with E-state index < -0.39 is 0 Å². The van der Waals surface area contributed by atoms with E-state index in [0.29, 0.717) is 17.9 Å². The van der Waals surface area contributed by atoms with E-state index in [9.17, 15) is 0 Å². The summed E-state index contributed by atoms with van der Waals surface area (Å²) < 4.78 is 3.66. The van der Waals surface area contributed by atoms with Gasteiger partial charge in [-0.3, -0.25) is 4.68 Å². The van der Waals surface area contributed by atoms with Crippen LogP contribution in [0, 0.1) is 0 Å². The smallest absolute Gasteiger partial charge is 0.165 e. The third kappa shape index (κ3) is 1.61. The molecule has 0 fully saturated rings. The van der Waals surface area contributed by atoms with Gasteiger partial charge < -0.3 is 10.3 Å². The molecule has 7 heteroatoms. The minimum absolute atomic E-state index is 0.398. The zero-order valence-electron chi connectivity index (χ0n) is 9.28. The fraction of sp³-hybridized carbons (Fsp3) is 0.200. The van der Waals surface area contributed by atoms with Crippen LogP contribution in [0.3, 0.4) is 0 Å². The molecule has 0 atom stereocenters. The van der Waals surface area contributed by atoms with Crippen LogP contribution in [0.15, 0.2) is 24.9 Å². The zero-order chi connectivity index (χ0) is 11.8. The fourth-order valence-corrected chi connectivity index (χ4v) is 1.74. The van der Waals surface area contributed by atoms with E-state index in [1.54, 1.807) is 11.0 Å². The minimum Gasteiger partial charge on any atom is -0.382 e. The molecule has 0 radical (unpaired) electrons. The van der Waals surface area contributed by atoms with Gasteiger partial charge >= 0.3 is 0 Å². The summed E-state index contributed by atoms with van der Waals surface area (Å²) in [4.78, 5) is 12.3. The lowest BCUT2D eigenvalue weighted by molar-refractivity contribution is 0.711. The Morgan fingerprint density at radius 1 is 1.29 bits per heavy atom. The topological polar surface area (TPSA) is 87.4 Å². The van der Waals surface area contributed by atoms with Gasteiger partial charge in [-0.2, -0.15) is 5.10 Å². The van der Waals surface area contributed by atoms with Crippen LogP contribution in [0.5, 0.6) is 0 Å². The molecule has 7 nitrogen and oxygen atoms in total. The van der Waals surface area contributed by atoms with Crippen molar-refractivity contribution in [3.63, 3.8) is 0 Å². The van der Waals surface area contributed by atoms with Crippen molar-refractivity contribution in [3.8, 4) is 0 Å². The van der Waals surface area contributed by atoms with Crippen LogP contribution >= 0.6 is 0 Å². The standard InChI is InChI=1S/C10H11N7/c1-16-3-2-7(15-16)4-17-6-14-8-9(11)12-5-13-10(8)17/h2-3,5-6H,4H2,1H3,(H2,11,12,13). The van der Waals surface area contributed by atoms with Crippen molar-refractivity contribution in [2.24, 2.45) is 7.05 Å². The summed E-state index contributed by atoms with van der Waals surface area (Å²) in [5.74, 6) is 0.398. The Morgan fingerprint density at radius 3 is 2.94 bits per heavy atom. The van der Waals surface area contributed by atoms with Crippen LogP contribution in [-0.2, 0) is 13.6 Å². The van der Waals surface area contributed by atoms with E-state index in [0.717, 1.165) is 11.3 Å². The SMILES string of the molecule is Cn1ccc(Cn2cnc3c(N)ncnc32)n1. The first kappa shape index (κ1) is 9.76. The Labute approximate surface area is 96.9 Å². The molecule has 3 aromatic rings. The number of nitrogen functional groups attached to an aromatic ring is 1. The number of aromatic nitrogens is 6. The van der Waals surface area contributed by atoms with Gasteiger partial charge in [-0.15, -0.1) is 0 Å². The summed E-state index contributed by atoms with van der Waals surface area (Å²) in [6.45, 7) is 0.619. The highest BCUT2D eigenvalue weighted by molar-refractivity contribution is 5.81. The van der Waals surface area contributed by atoms with E-state index in [2.05, 4.69) is 20.1 Å². The average Bonchev–Trinajstić information content (AvgIpc) is 2.88. The molecule has 0 bridgehead atoms. The fourth-order valence-electron chi connectivity index (χ4n) is 1.74. The molecule has 17 heavy (non-hydrogen) atoms. The highest BCUT2D eigenvalue weighted by atomic mass is 15.3. The molecule has 3 heterocycles. The second-order valence-corrected chi connectivity index (χ2v) is 3.78. The maximum absolute atomic E-state index is 5.72.